The first-order valence-corrected chi connectivity index (χ1v) is 25.1. The molecular formula is C53H68N8O14. The molecule has 404 valence electrons. The summed E-state index contributed by atoms with van der Waals surface area (Å²) < 4.78 is 5.59. The number of nitrogens with one attached hydrogen (secondary N) is 5. The molecule has 0 fully saturated rings. The number of nitrogens with two attached hydrogens (primary N) is 1. The number of aromatic hydroxyl groups is 2. The molecule has 0 unspecified atom stereocenters. The monoisotopic (exact) mass is 1040 g/mol. The number of fused-ring (bicyclic) bond motifs is 2. The number of urea groups is 1. The topological polar surface area (TPSA) is 336 Å². The first kappa shape index (κ1) is 58.2. The van der Waals surface area contributed by atoms with Gasteiger partial charge in [-0.1, -0.05) is 38.5 Å². The van der Waals surface area contributed by atoms with Crippen molar-refractivity contribution in [3.05, 3.63) is 94.1 Å². The van der Waals surface area contributed by atoms with Crippen molar-refractivity contribution in [2.45, 2.75) is 84.3 Å². The van der Waals surface area contributed by atoms with E-state index in [1.807, 2.05) is 0 Å². The number of ether oxygens (including phenoxy) is 1. The van der Waals surface area contributed by atoms with E-state index in [0.717, 1.165) is 17.0 Å². The van der Waals surface area contributed by atoms with Gasteiger partial charge in [0.15, 0.2) is 17.3 Å². The van der Waals surface area contributed by atoms with Gasteiger partial charge in [-0.25, -0.2) is 9.59 Å². The van der Waals surface area contributed by atoms with E-state index < -0.39 is 53.1 Å². The van der Waals surface area contributed by atoms with Gasteiger partial charge in [0.2, 0.25) is 11.8 Å². The number of carbonyl (C=O) groups excluding carboxylic acids is 9. The predicted molar refractivity (Wildman–Crippen MR) is 275 cm³/mol. The lowest BCUT2D eigenvalue weighted by Gasteiger charge is -2.25. The first-order chi connectivity index (χ1) is 35.9. The van der Waals surface area contributed by atoms with Crippen LogP contribution in [0.25, 0.3) is 0 Å². The van der Waals surface area contributed by atoms with Crippen LogP contribution in [0.2, 0.25) is 0 Å². The number of aliphatic hydroxyl groups excluding tert-OH is 2. The summed E-state index contributed by atoms with van der Waals surface area (Å²) in [6.45, 7) is 4.47. The Balaban J connectivity index is 1.16. The minimum atomic E-state index is -0.884. The maximum Gasteiger partial charge on any atom is 0.410 e. The number of imide groups is 1. The molecule has 0 spiro atoms. The fourth-order valence-corrected chi connectivity index (χ4v) is 8.82. The number of phenolic OH excluding ortho intramolecular Hbond substituents is 2. The number of anilines is 2. The molecule has 0 aromatic heterocycles. The van der Waals surface area contributed by atoms with Crippen molar-refractivity contribution in [1.82, 2.24) is 25.8 Å². The summed E-state index contributed by atoms with van der Waals surface area (Å²) in [6, 6.07) is 10.4. The Kier molecular flexibility index (Phi) is 22.3. The van der Waals surface area contributed by atoms with Crippen LogP contribution in [0.4, 0.5) is 21.0 Å². The summed E-state index contributed by atoms with van der Waals surface area (Å²) in [5.41, 5.74) is 6.40. The number of hydrogen-bond donors (Lipinski definition) is 10. The van der Waals surface area contributed by atoms with Crippen molar-refractivity contribution in [2.24, 2.45) is 17.6 Å². The van der Waals surface area contributed by atoms with Gasteiger partial charge in [-0.3, -0.25) is 38.5 Å². The summed E-state index contributed by atoms with van der Waals surface area (Å²) in [5.74, 6) is -5.30. The van der Waals surface area contributed by atoms with Crippen LogP contribution < -0.4 is 32.3 Å². The number of aryl methyl sites for hydroxylation is 1. The molecule has 75 heavy (non-hydrogen) atoms. The van der Waals surface area contributed by atoms with Crippen LogP contribution in [0.5, 0.6) is 11.5 Å². The van der Waals surface area contributed by atoms with Gasteiger partial charge >= 0.3 is 12.1 Å². The summed E-state index contributed by atoms with van der Waals surface area (Å²) in [7, 11) is 0. The average molecular weight is 1040 g/mol. The zero-order chi connectivity index (χ0) is 54.6. The minimum absolute atomic E-state index is 0.0290. The maximum absolute atomic E-state index is 14.0. The number of rotatable bonds is 31. The summed E-state index contributed by atoms with van der Waals surface area (Å²) >= 11 is 0. The molecule has 3 aromatic carbocycles. The van der Waals surface area contributed by atoms with Crippen LogP contribution in [-0.2, 0) is 41.7 Å². The molecule has 0 bridgehead atoms. The third-order valence-corrected chi connectivity index (χ3v) is 12.7. The van der Waals surface area contributed by atoms with Crippen LogP contribution >= 0.6 is 0 Å². The highest BCUT2D eigenvalue weighted by Crippen LogP contribution is 2.41. The Morgan fingerprint density at radius 3 is 2.05 bits per heavy atom. The average Bonchev–Trinajstić information content (AvgIpc) is 3.70. The second-order valence-corrected chi connectivity index (χ2v) is 18.6. The van der Waals surface area contributed by atoms with E-state index in [2.05, 4.69) is 26.6 Å². The zero-order valence-corrected chi connectivity index (χ0v) is 42.3. The fraction of sp³-hybridized carbons (Fsp3) is 0.453. The third kappa shape index (κ3) is 16.4. The van der Waals surface area contributed by atoms with E-state index in [9.17, 15) is 58.5 Å². The van der Waals surface area contributed by atoms with Crippen LogP contribution in [0.15, 0.2) is 60.7 Å². The van der Waals surface area contributed by atoms with Gasteiger partial charge in [-0.05, 0) is 85.9 Å². The number of aliphatic hydroxyl groups is 2. The van der Waals surface area contributed by atoms with Gasteiger partial charge < -0.3 is 62.4 Å². The normalized spacial score (nSPS) is 13.5. The molecule has 2 atom stereocenters. The van der Waals surface area contributed by atoms with Gasteiger partial charge in [-0.15, -0.1) is 0 Å². The molecule has 1 aliphatic heterocycles. The molecular weight excluding hydrogens is 973 g/mol. The summed E-state index contributed by atoms with van der Waals surface area (Å²) in [4.78, 5) is 119. The molecule has 11 N–H and O–H groups in total. The Morgan fingerprint density at radius 1 is 0.733 bits per heavy atom. The number of unbranched alkanes of at least 4 members (excludes halogenated alkanes) is 2. The number of benzene rings is 3. The second kappa shape index (κ2) is 28.7. The van der Waals surface area contributed by atoms with Crippen LogP contribution in [0.1, 0.15) is 108 Å². The highest BCUT2D eigenvalue weighted by atomic mass is 16.6. The van der Waals surface area contributed by atoms with E-state index in [1.165, 1.54) is 17.1 Å². The van der Waals surface area contributed by atoms with Gasteiger partial charge in [-0.2, -0.15) is 0 Å². The number of Topliss-reactive ketones (excluding diaryl/α,β-unsaturated/α-hetero) is 1. The largest absolute Gasteiger partial charge is 0.507 e. The Bertz CT molecular complexity index is 2580. The lowest BCUT2D eigenvalue weighted by Crippen LogP contribution is -2.45. The van der Waals surface area contributed by atoms with Crippen molar-refractivity contribution in [3.8, 4) is 11.5 Å². The van der Waals surface area contributed by atoms with Gasteiger partial charge in [0.1, 0.15) is 18.1 Å². The van der Waals surface area contributed by atoms with E-state index >= 15 is 0 Å². The van der Waals surface area contributed by atoms with E-state index in [1.54, 1.807) is 50.2 Å². The van der Waals surface area contributed by atoms with E-state index in [4.69, 9.17) is 15.6 Å². The minimum Gasteiger partial charge on any atom is -0.507 e. The standard InChI is InChI=1S/C53H68N8O14/c1-32(2)48(59-41(67)10-4-3-5-26-61-42(68)19-20-43(61)69)40(66)30-35(8-6-21-57-52(54)73)51(72)58-36-14-11-33(12-15-36)31-75-53(74)60(27-29-63)25-7-9-34-13-16-37(56-23-22-55-24-28-62)45-44(34)49(70)46-38(64)17-18-39(65)47(46)50(45)71/h11-20,32,35,48,55-56,62-65H,3-10,21-31H2,1-2H3,(H,58,72)(H,59,67)(H3,54,57,73)/t35-,48+/m1/s1. The van der Waals surface area contributed by atoms with Crippen molar-refractivity contribution >= 4 is 64.5 Å². The van der Waals surface area contributed by atoms with Crippen LogP contribution in [0.3, 0.4) is 0 Å². The summed E-state index contributed by atoms with van der Waals surface area (Å²) in [5, 5.41) is 54.5. The lowest BCUT2D eigenvalue weighted by atomic mass is 9.79. The van der Waals surface area contributed by atoms with Crippen molar-refractivity contribution in [2.75, 3.05) is 69.7 Å². The van der Waals surface area contributed by atoms with Gasteiger partial charge in [0.05, 0.1) is 35.9 Å². The summed E-state index contributed by atoms with van der Waals surface area (Å²) in [6.07, 6.45) is 4.14. The lowest BCUT2D eigenvalue weighted by molar-refractivity contribution is -0.137. The van der Waals surface area contributed by atoms with Crippen LogP contribution in [-0.4, -0.2) is 148 Å². The number of nitrogens with zero attached hydrogens (tertiary/aromatic N) is 2. The van der Waals surface area contributed by atoms with Crippen molar-refractivity contribution in [1.29, 1.82) is 0 Å². The molecule has 1 heterocycles. The molecule has 3 aromatic rings. The SMILES string of the molecule is CC(C)[C@H](NC(=O)CCCCCN1C(=O)C=CC1=O)C(=O)C[C@@H](CCCNC(N)=O)C(=O)Nc1ccc(COC(=O)N(CCO)CCCc2ccc(NCCNCCO)c3c2C(=O)c2c(O)ccc(O)c2C3=O)cc1. The van der Waals surface area contributed by atoms with Gasteiger partial charge in [0.25, 0.3) is 11.8 Å². The number of amides is 7. The number of carbonyl (C=O) groups is 9. The molecule has 0 saturated carbocycles. The van der Waals surface area contributed by atoms with E-state index in [-0.39, 0.29) is 130 Å². The Hall–Kier alpha value is -7.69. The first-order valence-electron chi connectivity index (χ1n) is 25.1. The molecule has 7 amide bonds. The highest BCUT2D eigenvalue weighted by Gasteiger charge is 2.38. The van der Waals surface area contributed by atoms with Crippen molar-refractivity contribution < 1.29 is 68.3 Å². The van der Waals surface area contributed by atoms with Gasteiger partial charge in [0, 0.05) is 93.7 Å². The number of phenols is 2. The third-order valence-electron chi connectivity index (χ3n) is 12.7. The molecule has 2 aliphatic rings. The number of primary amides is 1. The quantitative estimate of drug-likeness (QED) is 0.0197. The second-order valence-electron chi connectivity index (χ2n) is 18.6. The van der Waals surface area contributed by atoms with Crippen molar-refractivity contribution in [3.63, 3.8) is 0 Å². The Morgan fingerprint density at radius 2 is 1.41 bits per heavy atom. The zero-order valence-electron chi connectivity index (χ0n) is 42.3. The highest BCUT2D eigenvalue weighted by molar-refractivity contribution is 6.32. The van der Waals surface area contributed by atoms with E-state index in [0.29, 0.717) is 67.8 Å². The molecule has 0 radical (unpaired) electrons. The Labute approximate surface area is 434 Å². The fourth-order valence-electron chi connectivity index (χ4n) is 8.82. The molecule has 5 rings (SSSR count). The maximum atomic E-state index is 14.0. The number of ketones is 3. The predicted octanol–water partition coefficient (Wildman–Crippen LogP) is 3.02. The number of hydrogen-bond acceptors (Lipinski definition) is 16. The molecule has 0 saturated heterocycles. The smallest absolute Gasteiger partial charge is 0.410 e. The molecule has 22 heteroatoms. The molecule has 22 nitrogen and oxygen atoms in total. The van der Waals surface area contributed by atoms with Crippen LogP contribution in [0, 0.1) is 11.8 Å². The molecule has 1 aliphatic carbocycles.